The van der Waals surface area contributed by atoms with Gasteiger partial charge in [-0.05, 0) is 49.9 Å². The summed E-state index contributed by atoms with van der Waals surface area (Å²) in [6.45, 7) is 5.80. The van der Waals surface area contributed by atoms with Gasteiger partial charge in [0.05, 0.1) is 6.61 Å². The number of hydrogen-bond acceptors (Lipinski definition) is 3. The van der Waals surface area contributed by atoms with Crippen LogP contribution in [0.25, 0.3) is 0 Å². The molecule has 1 heterocycles. The van der Waals surface area contributed by atoms with E-state index in [0.29, 0.717) is 5.92 Å². The molecule has 120 valence electrons. The first-order chi connectivity index (χ1) is 10.6. The first-order valence-corrected chi connectivity index (χ1v) is 8.42. The van der Waals surface area contributed by atoms with Crippen LogP contribution in [0.15, 0.2) is 24.3 Å². The molecule has 1 aliphatic carbocycles. The molecule has 0 bridgehead atoms. The smallest absolute Gasteiger partial charge is 0.251 e. The van der Waals surface area contributed by atoms with Gasteiger partial charge in [-0.1, -0.05) is 11.6 Å². The Hall–Kier alpha value is -1.26. The molecule has 0 aromatic heterocycles. The van der Waals surface area contributed by atoms with Crippen molar-refractivity contribution in [1.82, 2.24) is 4.90 Å². The third-order valence-corrected chi connectivity index (χ3v) is 4.66. The van der Waals surface area contributed by atoms with Crippen LogP contribution < -0.4 is 4.90 Å². The molecule has 1 amide bonds. The molecule has 1 aromatic rings. The van der Waals surface area contributed by atoms with Crippen LogP contribution in [0.5, 0.6) is 0 Å². The van der Waals surface area contributed by atoms with Gasteiger partial charge in [-0.3, -0.25) is 4.79 Å². The fraction of sp³-hybridized carbons (Fsp3) is 0.588. The Balaban J connectivity index is 1.47. The Morgan fingerprint density at radius 1 is 1.23 bits per heavy atom. The normalized spacial score (nSPS) is 20.1. The van der Waals surface area contributed by atoms with Crippen LogP contribution in [-0.2, 0) is 9.53 Å². The fourth-order valence-corrected chi connectivity index (χ4v) is 2.86. The predicted molar refractivity (Wildman–Crippen MR) is 88.4 cm³/mol. The third-order valence-electron chi connectivity index (χ3n) is 4.41. The first-order valence-electron chi connectivity index (χ1n) is 8.04. The van der Waals surface area contributed by atoms with Gasteiger partial charge in [0.15, 0.2) is 0 Å². The zero-order valence-corrected chi connectivity index (χ0v) is 13.8. The van der Waals surface area contributed by atoms with E-state index >= 15 is 0 Å². The molecule has 1 aliphatic heterocycles. The molecule has 0 radical (unpaired) electrons. The van der Waals surface area contributed by atoms with Crippen molar-refractivity contribution in [3.63, 3.8) is 0 Å². The fourth-order valence-electron chi connectivity index (χ4n) is 2.73. The largest absolute Gasteiger partial charge is 0.368 e. The molecule has 4 nitrogen and oxygen atoms in total. The van der Waals surface area contributed by atoms with E-state index in [1.807, 2.05) is 36.1 Å². The van der Waals surface area contributed by atoms with Gasteiger partial charge in [0.2, 0.25) is 0 Å². The van der Waals surface area contributed by atoms with Crippen LogP contribution in [0.2, 0.25) is 5.02 Å². The molecule has 1 aromatic carbocycles. The van der Waals surface area contributed by atoms with Crippen LogP contribution in [0.4, 0.5) is 5.69 Å². The summed E-state index contributed by atoms with van der Waals surface area (Å²) in [5.74, 6) is 0.813. The van der Waals surface area contributed by atoms with Gasteiger partial charge in [0.1, 0.15) is 6.10 Å². The molecule has 1 unspecified atom stereocenters. The summed E-state index contributed by atoms with van der Waals surface area (Å²) in [5, 5.41) is 0.749. The van der Waals surface area contributed by atoms with Gasteiger partial charge in [0, 0.05) is 36.9 Å². The standard InChI is InChI=1S/C17H23ClN2O2/c1-13(22-12-14-2-3-14)17(21)20-10-8-19(9-11-20)16-6-4-15(18)5-7-16/h4-7,13-14H,2-3,8-12H2,1H3. The number of carbonyl (C=O) groups is 1. The molecular formula is C17H23ClN2O2. The van der Waals surface area contributed by atoms with E-state index in [1.54, 1.807) is 0 Å². The van der Waals surface area contributed by atoms with Crippen LogP contribution in [0.1, 0.15) is 19.8 Å². The molecular weight excluding hydrogens is 300 g/mol. The highest BCUT2D eigenvalue weighted by molar-refractivity contribution is 6.30. The predicted octanol–water partition coefficient (Wildman–Crippen LogP) is 2.80. The van der Waals surface area contributed by atoms with Gasteiger partial charge in [-0.15, -0.1) is 0 Å². The van der Waals surface area contributed by atoms with E-state index in [4.69, 9.17) is 16.3 Å². The number of amides is 1. The van der Waals surface area contributed by atoms with Gasteiger partial charge in [-0.2, -0.15) is 0 Å². The highest BCUT2D eigenvalue weighted by Crippen LogP contribution is 2.29. The molecule has 1 saturated carbocycles. The van der Waals surface area contributed by atoms with Gasteiger partial charge < -0.3 is 14.5 Å². The van der Waals surface area contributed by atoms with Crippen molar-refractivity contribution < 1.29 is 9.53 Å². The Morgan fingerprint density at radius 2 is 1.86 bits per heavy atom. The molecule has 22 heavy (non-hydrogen) atoms. The lowest BCUT2D eigenvalue weighted by Gasteiger charge is -2.37. The number of piperazine rings is 1. The minimum atomic E-state index is -0.317. The Labute approximate surface area is 137 Å². The number of nitrogens with zero attached hydrogens (tertiary/aromatic N) is 2. The van der Waals surface area contributed by atoms with Crippen LogP contribution in [0.3, 0.4) is 0 Å². The SMILES string of the molecule is CC(OCC1CC1)C(=O)N1CCN(c2ccc(Cl)cc2)CC1. The van der Waals surface area contributed by atoms with Gasteiger partial charge in [-0.25, -0.2) is 0 Å². The minimum Gasteiger partial charge on any atom is -0.368 e. The number of anilines is 1. The van der Waals surface area contributed by atoms with E-state index in [-0.39, 0.29) is 12.0 Å². The van der Waals surface area contributed by atoms with E-state index in [2.05, 4.69) is 4.90 Å². The minimum absolute atomic E-state index is 0.122. The quantitative estimate of drug-likeness (QED) is 0.835. The maximum Gasteiger partial charge on any atom is 0.251 e. The van der Waals surface area contributed by atoms with Crippen molar-refractivity contribution in [2.24, 2.45) is 5.92 Å². The maximum atomic E-state index is 12.4. The van der Waals surface area contributed by atoms with Gasteiger partial charge in [0.25, 0.3) is 5.91 Å². The Kier molecular flexibility index (Phi) is 4.89. The molecule has 1 saturated heterocycles. The second kappa shape index (κ2) is 6.88. The lowest BCUT2D eigenvalue weighted by atomic mass is 10.2. The average molecular weight is 323 g/mol. The third kappa shape index (κ3) is 3.93. The van der Waals surface area contributed by atoms with E-state index in [1.165, 1.54) is 12.8 Å². The molecule has 0 N–H and O–H groups in total. The summed E-state index contributed by atoms with van der Waals surface area (Å²) in [6, 6.07) is 7.87. The van der Waals surface area contributed by atoms with E-state index in [9.17, 15) is 4.79 Å². The van der Waals surface area contributed by atoms with Crippen molar-refractivity contribution in [3.8, 4) is 0 Å². The second-order valence-electron chi connectivity index (χ2n) is 6.21. The van der Waals surface area contributed by atoms with Crippen molar-refractivity contribution in [3.05, 3.63) is 29.3 Å². The highest BCUT2D eigenvalue weighted by atomic mass is 35.5. The molecule has 3 rings (SSSR count). The van der Waals surface area contributed by atoms with Crippen LogP contribution in [-0.4, -0.2) is 49.7 Å². The number of carbonyl (C=O) groups excluding carboxylic acids is 1. The van der Waals surface area contributed by atoms with E-state index in [0.717, 1.165) is 43.5 Å². The molecule has 1 atom stereocenters. The number of halogens is 1. The average Bonchev–Trinajstić information content (AvgIpc) is 3.37. The van der Waals surface area contributed by atoms with Gasteiger partial charge >= 0.3 is 0 Å². The molecule has 0 spiro atoms. The molecule has 2 aliphatic rings. The maximum absolute atomic E-state index is 12.4. The van der Waals surface area contributed by atoms with E-state index < -0.39 is 0 Å². The monoisotopic (exact) mass is 322 g/mol. The number of benzene rings is 1. The zero-order chi connectivity index (χ0) is 15.5. The summed E-state index contributed by atoms with van der Waals surface area (Å²) >= 11 is 5.92. The summed E-state index contributed by atoms with van der Waals surface area (Å²) in [4.78, 5) is 16.6. The van der Waals surface area contributed by atoms with Crippen molar-refractivity contribution in [1.29, 1.82) is 0 Å². The number of ether oxygens (including phenoxy) is 1. The highest BCUT2D eigenvalue weighted by Gasteiger charge is 2.28. The molecule has 5 heteroatoms. The summed E-state index contributed by atoms with van der Waals surface area (Å²) in [7, 11) is 0. The van der Waals surface area contributed by atoms with Crippen LogP contribution in [0, 0.1) is 5.92 Å². The summed E-state index contributed by atoms with van der Waals surface area (Å²) in [6.07, 6.45) is 2.18. The topological polar surface area (TPSA) is 32.8 Å². The lowest BCUT2D eigenvalue weighted by Crippen LogP contribution is -2.51. The Morgan fingerprint density at radius 3 is 2.45 bits per heavy atom. The van der Waals surface area contributed by atoms with Crippen molar-refractivity contribution >= 4 is 23.2 Å². The summed E-state index contributed by atoms with van der Waals surface area (Å²) < 4.78 is 5.69. The first kappa shape index (κ1) is 15.6. The zero-order valence-electron chi connectivity index (χ0n) is 13.0. The number of rotatable bonds is 5. The molecule has 2 fully saturated rings. The lowest BCUT2D eigenvalue weighted by molar-refractivity contribution is -0.143. The summed E-state index contributed by atoms with van der Waals surface area (Å²) in [5.41, 5.74) is 1.16. The van der Waals surface area contributed by atoms with Crippen LogP contribution >= 0.6 is 11.6 Å². The van der Waals surface area contributed by atoms with Crippen molar-refractivity contribution in [2.75, 3.05) is 37.7 Å². The second-order valence-corrected chi connectivity index (χ2v) is 6.64. The number of hydrogen-bond donors (Lipinski definition) is 0. The van der Waals surface area contributed by atoms with Crippen molar-refractivity contribution in [2.45, 2.75) is 25.9 Å². The Bertz CT molecular complexity index is 508.